The van der Waals surface area contributed by atoms with E-state index >= 15 is 0 Å². The molecule has 0 spiro atoms. The fourth-order valence-electron chi connectivity index (χ4n) is 3.15. The second-order valence-corrected chi connectivity index (χ2v) is 7.75. The first-order valence-electron chi connectivity index (χ1n) is 9.35. The van der Waals surface area contributed by atoms with E-state index in [0.29, 0.717) is 24.5 Å². The van der Waals surface area contributed by atoms with Gasteiger partial charge in [-0.05, 0) is 64.0 Å². The molecular formula is C20H27N3O2S. The zero-order chi connectivity index (χ0) is 18.2. The molecule has 1 aliphatic rings. The van der Waals surface area contributed by atoms with E-state index in [1.54, 1.807) is 17.4 Å². The molecule has 0 bridgehead atoms. The van der Waals surface area contributed by atoms with Crippen LogP contribution >= 0.6 is 11.3 Å². The van der Waals surface area contributed by atoms with E-state index in [1.807, 2.05) is 30.5 Å². The first kappa shape index (κ1) is 18.9. The maximum absolute atomic E-state index is 12.3. The molecule has 1 aromatic carbocycles. The number of carbonyl (C=O) groups excluding carboxylic acids is 1. The third-order valence-electron chi connectivity index (χ3n) is 4.53. The van der Waals surface area contributed by atoms with E-state index in [2.05, 4.69) is 15.2 Å². The molecule has 1 amide bonds. The molecule has 1 aliphatic heterocycles. The van der Waals surface area contributed by atoms with Crippen molar-refractivity contribution in [2.45, 2.75) is 39.2 Å². The number of amides is 1. The smallest absolute Gasteiger partial charge is 0.251 e. The van der Waals surface area contributed by atoms with Crippen molar-refractivity contribution >= 4 is 17.2 Å². The number of carbonyl (C=O) groups is 1. The largest absolute Gasteiger partial charge is 0.487 e. The summed E-state index contributed by atoms with van der Waals surface area (Å²) in [6.07, 6.45) is 4.96. The zero-order valence-electron chi connectivity index (χ0n) is 15.4. The molecule has 3 rings (SSSR count). The Morgan fingerprint density at radius 2 is 2.15 bits per heavy atom. The SMILES string of the molecule is Cc1nc(COc2cccc(C(=O)NCCCN3CCCCC3)c2)cs1. The Balaban J connectivity index is 1.42. The lowest BCUT2D eigenvalue weighted by Gasteiger charge is -2.26. The summed E-state index contributed by atoms with van der Waals surface area (Å²) in [6, 6.07) is 7.33. The zero-order valence-corrected chi connectivity index (χ0v) is 16.2. The molecule has 1 aromatic heterocycles. The molecule has 1 fully saturated rings. The first-order chi connectivity index (χ1) is 12.7. The van der Waals surface area contributed by atoms with Gasteiger partial charge in [0.05, 0.1) is 10.7 Å². The van der Waals surface area contributed by atoms with Gasteiger partial charge in [-0.1, -0.05) is 12.5 Å². The van der Waals surface area contributed by atoms with Crippen LogP contribution in [0.1, 0.15) is 46.7 Å². The number of aromatic nitrogens is 1. The maximum Gasteiger partial charge on any atom is 0.251 e. The fraction of sp³-hybridized carbons (Fsp3) is 0.500. The van der Waals surface area contributed by atoms with E-state index in [4.69, 9.17) is 4.74 Å². The standard InChI is InChI=1S/C20H27N3O2S/c1-16-22-18(15-26-16)14-25-19-8-5-7-17(13-19)20(24)21-9-6-12-23-10-3-2-4-11-23/h5,7-8,13,15H,2-4,6,9-12,14H2,1H3,(H,21,24). The van der Waals surface area contributed by atoms with Gasteiger partial charge in [0, 0.05) is 17.5 Å². The number of benzene rings is 1. The van der Waals surface area contributed by atoms with Gasteiger partial charge in [-0.2, -0.15) is 0 Å². The third-order valence-corrected chi connectivity index (χ3v) is 5.36. The van der Waals surface area contributed by atoms with Crippen molar-refractivity contribution in [2.24, 2.45) is 0 Å². The van der Waals surface area contributed by atoms with Crippen LogP contribution in [0.25, 0.3) is 0 Å². The van der Waals surface area contributed by atoms with Gasteiger partial charge in [0.2, 0.25) is 0 Å². The number of rotatable bonds is 8. The molecule has 0 saturated carbocycles. The summed E-state index contributed by atoms with van der Waals surface area (Å²) in [6.45, 7) is 6.57. The van der Waals surface area contributed by atoms with Gasteiger partial charge in [0.1, 0.15) is 12.4 Å². The minimum Gasteiger partial charge on any atom is -0.487 e. The fourth-order valence-corrected chi connectivity index (χ4v) is 3.75. The van der Waals surface area contributed by atoms with Crippen LogP contribution in [0.3, 0.4) is 0 Å². The molecule has 5 nitrogen and oxygen atoms in total. The second-order valence-electron chi connectivity index (χ2n) is 6.69. The number of aryl methyl sites for hydroxylation is 1. The van der Waals surface area contributed by atoms with Crippen LogP contribution in [0.15, 0.2) is 29.6 Å². The lowest BCUT2D eigenvalue weighted by Crippen LogP contribution is -2.33. The maximum atomic E-state index is 12.3. The van der Waals surface area contributed by atoms with E-state index in [0.717, 1.165) is 23.7 Å². The van der Waals surface area contributed by atoms with Gasteiger partial charge in [-0.3, -0.25) is 4.79 Å². The Morgan fingerprint density at radius 1 is 1.31 bits per heavy atom. The Hall–Kier alpha value is -1.92. The summed E-state index contributed by atoms with van der Waals surface area (Å²) in [7, 11) is 0. The number of piperidine rings is 1. The third kappa shape index (κ3) is 5.81. The highest BCUT2D eigenvalue weighted by Crippen LogP contribution is 2.16. The van der Waals surface area contributed by atoms with Crippen molar-refractivity contribution in [3.8, 4) is 5.75 Å². The second kappa shape index (κ2) is 9.69. The van der Waals surface area contributed by atoms with Gasteiger partial charge >= 0.3 is 0 Å². The summed E-state index contributed by atoms with van der Waals surface area (Å²) < 4.78 is 5.76. The van der Waals surface area contributed by atoms with Crippen LogP contribution in [-0.2, 0) is 6.61 Å². The van der Waals surface area contributed by atoms with Crippen LogP contribution < -0.4 is 10.1 Å². The number of nitrogens with zero attached hydrogens (tertiary/aromatic N) is 2. The van der Waals surface area contributed by atoms with Crippen molar-refractivity contribution in [1.29, 1.82) is 0 Å². The highest BCUT2D eigenvalue weighted by atomic mass is 32.1. The molecule has 0 aliphatic carbocycles. The number of hydrogen-bond acceptors (Lipinski definition) is 5. The Morgan fingerprint density at radius 3 is 2.92 bits per heavy atom. The molecule has 2 aromatic rings. The van der Waals surface area contributed by atoms with Crippen molar-refractivity contribution in [1.82, 2.24) is 15.2 Å². The molecular weight excluding hydrogens is 346 g/mol. The number of hydrogen-bond donors (Lipinski definition) is 1. The van der Waals surface area contributed by atoms with Gasteiger partial charge in [-0.25, -0.2) is 4.98 Å². The van der Waals surface area contributed by atoms with Gasteiger partial charge < -0.3 is 15.0 Å². The van der Waals surface area contributed by atoms with Crippen molar-refractivity contribution in [2.75, 3.05) is 26.2 Å². The van der Waals surface area contributed by atoms with Crippen molar-refractivity contribution in [3.63, 3.8) is 0 Å². The molecule has 1 N–H and O–H groups in total. The van der Waals surface area contributed by atoms with Crippen LogP contribution in [0, 0.1) is 6.92 Å². The summed E-state index contributed by atoms with van der Waals surface area (Å²) in [4.78, 5) is 19.2. The van der Waals surface area contributed by atoms with Crippen LogP contribution in [-0.4, -0.2) is 42.0 Å². The lowest BCUT2D eigenvalue weighted by atomic mass is 10.1. The lowest BCUT2D eigenvalue weighted by molar-refractivity contribution is 0.0950. The molecule has 140 valence electrons. The number of ether oxygens (including phenoxy) is 1. The molecule has 26 heavy (non-hydrogen) atoms. The molecule has 1 saturated heterocycles. The molecule has 0 atom stereocenters. The van der Waals surface area contributed by atoms with E-state index in [1.165, 1.54) is 32.4 Å². The Labute approximate surface area is 159 Å². The normalized spacial score (nSPS) is 15.0. The summed E-state index contributed by atoms with van der Waals surface area (Å²) in [5.74, 6) is 0.648. The van der Waals surface area contributed by atoms with Gasteiger partial charge in [-0.15, -0.1) is 11.3 Å². The topological polar surface area (TPSA) is 54.5 Å². The van der Waals surface area contributed by atoms with Crippen LogP contribution in [0.2, 0.25) is 0 Å². The summed E-state index contributed by atoms with van der Waals surface area (Å²) >= 11 is 1.61. The predicted molar refractivity (Wildman–Crippen MR) is 105 cm³/mol. The Bertz CT molecular complexity index is 711. The minimum atomic E-state index is -0.0430. The first-order valence-corrected chi connectivity index (χ1v) is 10.2. The number of nitrogens with one attached hydrogen (secondary N) is 1. The minimum absolute atomic E-state index is 0.0430. The van der Waals surface area contributed by atoms with Crippen LogP contribution in [0.4, 0.5) is 0 Å². The van der Waals surface area contributed by atoms with Crippen LogP contribution in [0.5, 0.6) is 5.75 Å². The number of thiazole rings is 1. The summed E-state index contributed by atoms with van der Waals surface area (Å²) in [5.41, 5.74) is 1.55. The van der Waals surface area contributed by atoms with Gasteiger partial charge in [0.25, 0.3) is 5.91 Å². The predicted octanol–water partition coefficient (Wildman–Crippen LogP) is 3.64. The summed E-state index contributed by atoms with van der Waals surface area (Å²) in [5, 5.41) is 6.03. The molecule has 2 heterocycles. The monoisotopic (exact) mass is 373 g/mol. The molecule has 0 unspecified atom stereocenters. The average Bonchev–Trinajstić information content (AvgIpc) is 3.10. The molecule has 6 heteroatoms. The highest BCUT2D eigenvalue weighted by molar-refractivity contribution is 7.09. The van der Waals surface area contributed by atoms with Crippen molar-refractivity contribution in [3.05, 3.63) is 45.9 Å². The molecule has 0 radical (unpaired) electrons. The van der Waals surface area contributed by atoms with Gasteiger partial charge in [0.15, 0.2) is 0 Å². The number of likely N-dealkylation sites (tertiary alicyclic amines) is 1. The quantitative estimate of drug-likeness (QED) is 0.718. The highest BCUT2D eigenvalue weighted by Gasteiger charge is 2.10. The van der Waals surface area contributed by atoms with E-state index < -0.39 is 0 Å². The Kier molecular flexibility index (Phi) is 7.03. The van der Waals surface area contributed by atoms with E-state index in [9.17, 15) is 4.79 Å². The van der Waals surface area contributed by atoms with E-state index in [-0.39, 0.29) is 5.91 Å². The van der Waals surface area contributed by atoms with Crippen molar-refractivity contribution < 1.29 is 9.53 Å². The average molecular weight is 374 g/mol.